The normalized spacial score (nSPS) is 11.6. The van der Waals surface area contributed by atoms with Crippen LogP contribution in [0.15, 0.2) is 78.9 Å². The van der Waals surface area contributed by atoms with Gasteiger partial charge in [0, 0.05) is 35.8 Å². The lowest BCUT2D eigenvalue weighted by Gasteiger charge is -2.31. The van der Waals surface area contributed by atoms with Crippen LogP contribution in [0.2, 0.25) is 10.0 Å². The Hall–Kier alpha value is -2.47. The van der Waals surface area contributed by atoms with Crippen LogP contribution in [0.1, 0.15) is 16.7 Å². The molecule has 1 atom stereocenters. The van der Waals surface area contributed by atoms with E-state index in [1.54, 1.807) is 18.0 Å². The zero-order valence-electron chi connectivity index (χ0n) is 18.3. The second-order valence-corrected chi connectivity index (χ2v) is 9.45. The van der Waals surface area contributed by atoms with E-state index in [0.29, 0.717) is 28.8 Å². The molecule has 0 saturated carbocycles. The van der Waals surface area contributed by atoms with Gasteiger partial charge in [0.2, 0.25) is 11.8 Å². The van der Waals surface area contributed by atoms with Crippen molar-refractivity contribution in [1.82, 2.24) is 10.2 Å². The average Bonchev–Trinajstić information content (AvgIpc) is 2.82. The highest BCUT2D eigenvalue weighted by Crippen LogP contribution is 2.20. The van der Waals surface area contributed by atoms with Crippen molar-refractivity contribution in [1.29, 1.82) is 0 Å². The third kappa shape index (κ3) is 7.81. The molecular formula is C26H26Cl2N2O2S. The molecule has 33 heavy (non-hydrogen) atoms. The zero-order valence-corrected chi connectivity index (χ0v) is 20.7. The third-order valence-electron chi connectivity index (χ3n) is 5.17. The number of hydrogen-bond donors (Lipinski definition) is 1. The van der Waals surface area contributed by atoms with E-state index in [2.05, 4.69) is 5.32 Å². The van der Waals surface area contributed by atoms with Crippen molar-refractivity contribution < 1.29 is 9.59 Å². The van der Waals surface area contributed by atoms with Crippen LogP contribution < -0.4 is 5.32 Å². The Bertz CT molecular complexity index is 1060. The Morgan fingerprint density at radius 1 is 0.879 bits per heavy atom. The lowest BCUT2D eigenvalue weighted by atomic mass is 10.0. The first-order chi connectivity index (χ1) is 16.0. The summed E-state index contributed by atoms with van der Waals surface area (Å²) in [6.45, 7) is 0.297. The van der Waals surface area contributed by atoms with Crippen LogP contribution in [-0.2, 0) is 28.3 Å². The maximum Gasteiger partial charge on any atom is 0.242 e. The minimum Gasteiger partial charge on any atom is -0.357 e. The number of carbonyl (C=O) groups is 2. The largest absolute Gasteiger partial charge is 0.357 e. The van der Waals surface area contributed by atoms with Gasteiger partial charge in [-0.25, -0.2) is 0 Å². The van der Waals surface area contributed by atoms with Gasteiger partial charge in [-0.15, -0.1) is 11.8 Å². The highest BCUT2D eigenvalue weighted by molar-refractivity contribution is 7.99. The molecule has 0 aliphatic rings. The first-order valence-corrected chi connectivity index (χ1v) is 12.5. The van der Waals surface area contributed by atoms with Crippen LogP contribution >= 0.6 is 35.0 Å². The van der Waals surface area contributed by atoms with Gasteiger partial charge in [0.05, 0.1) is 5.75 Å². The molecule has 0 bridgehead atoms. The maximum absolute atomic E-state index is 13.4. The van der Waals surface area contributed by atoms with Gasteiger partial charge in [0.15, 0.2) is 0 Å². The molecule has 7 heteroatoms. The second kappa shape index (κ2) is 12.7. The molecule has 0 fully saturated rings. The maximum atomic E-state index is 13.4. The van der Waals surface area contributed by atoms with Crippen LogP contribution in [-0.4, -0.2) is 35.6 Å². The summed E-state index contributed by atoms with van der Waals surface area (Å²) in [6.07, 6.45) is 0.425. The van der Waals surface area contributed by atoms with Gasteiger partial charge in [-0.2, -0.15) is 0 Å². The minimum absolute atomic E-state index is 0.0986. The lowest BCUT2D eigenvalue weighted by Crippen LogP contribution is -2.50. The third-order valence-corrected chi connectivity index (χ3v) is 6.64. The predicted octanol–water partition coefficient (Wildman–Crippen LogP) is 5.61. The first kappa shape index (κ1) is 25.2. The van der Waals surface area contributed by atoms with Crippen LogP contribution in [0, 0.1) is 0 Å². The molecule has 3 aromatic carbocycles. The summed E-state index contributed by atoms with van der Waals surface area (Å²) in [5.41, 5.74) is 2.95. The summed E-state index contributed by atoms with van der Waals surface area (Å²) in [6, 6.07) is 24.0. The van der Waals surface area contributed by atoms with Gasteiger partial charge in [0.1, 0.15) is 6.04 Å². The van der Waals surface area contributed by atoms with Gasteiger partial charge < -0.3 is 10.2 Å². The van der Waals surface area contributed by atoms with E-state index in [-0.39, 0.29) is 17.6 Å². The summed E-state index contributed by atoms with van der Waals surface area (Å²) in [5.74, 6) is 0.637. The van der Waals surface area contributed by atoms with E-state index >= 15 is 0 Å². The smallest absolute Gasteiger partial charge is 0.242 e. The highest BCUT2D eigenvalue weighted by atomic mass is 35.5. The van der Waals surface area contributed by atoms with Gasteiger partial charge in [-0.05, 0) is 41.0 Å². The molecule has 0 aromatic heterocycles. The summed E-state index contributed by atoms with van der Waals surface area (Å²) < 4.78 is 0. The standard InChI is InChI=1S/C26H26Cl2N2O2S/c1-29-26(32)24(15-19-6-3-2-4-7-19)30(16-21-8-5-9-23(28)14-21)25(31)18-33-17-20-10-12-22(27)13-11-20/h2-14,24H,15-18H2,1H3,(H,29,32)/t24-/m0/s1. The topological polar surface area (TPSA) is 49.4 Å². The molecule has 1 N–H and O–H groups in total. The average molecular weight is 501 g/mol. The molecule has 0 radical (unpaired) electrons. The molecule has 0 heterocycles. The Labute approximate surface area is 209 Å². The van der Waals surface area contributed by atoms with Gasteiger partial charge in [-0.3, -0.25) is 9.59 Å². The molecule has 4 nitrogen and oxygen atoms in total. The fourth-order valence-electron chi connectivity index (χ4n) is 3.47. The Kier molecular flexibility index (Phi) is 9.67. The minimum atomic E-state index is -0.639. The van der Waals surface area contributed by atoms with Crippen molar-refractivity contribution >= 4 is 46.8 Å². The highest BCUT2D eigenvalue weighted by Gasteiger charge is 2.29. The SMILES string of the molecule is CNC(=O)[C@H](Cc1ccccc1)N(Cc1cccc(Cl)c1)C(=O)CSCc1ccc(Cl)cc1. The molecule has 0 saturated heterocycles. The van der Waals surface area contributed by atoms with Crippen LogP contribution in [0.5, 0.6) is 0 Å². The Morgan fingerprint density at radius 3 is 2.24 bits per heavy atom. The van der Waals surface area contributed by atoms with E-state index in [0.717, 1.165) is 16.7 Å². The zero-order chi connectivity index (χ0) is 23.6. The van der Waals surface area contributed by atoms with E-state index in [9.17, 15) is 9.59 Å². The summed E-state index contributed by atoms with van der Waals surface area (Å²) in [4.78, 5) is 28.0. The monoisotopic (exact) mass is 500 g/mol. The van der Waals surface area contributed by atoms with E-state index in [1.165, 1.54) is 11.8 Å². The molecule has 0 unspecified atom stereocenters. The quantitative estimate of drug-likeness (QED) is 0.393. The molecule has 3 aromatic rings. The van der Waals surface area contributed by atoms with Crippen molar-refractivity contribution in [3.63, 3.8) is 0 Å². The number of halogens is 2. The van der Waals surface area contributed by atoms with Gasteiger partial charge in [-0.1, -0.05) is 77.8 Å². The fourth-order valence-corrected chi connectivity index (χ4v) is 4.68. The van der Waals surface area contributed by atoms with Crippen molar-refractivity contribution in [2.45, 2.75) is 24.8 Å². The molecule has 0 aliphatic carbocycles. The van der Waals surface area contributed by atoms with Crippen molar-refractivity contribution in [3.05, 3.63) is 106 Å². The molecule has 2 amide bonds. The molecule has 3 rings (SSSR count). The van der Waals surface area contributed by atoms with Crippen molar-refractivity contribution in [2.24, 2.45) is 0 Å². The first-order valence-electron chi connectivity index (χ1n) is 10.6. The Balaban J connectivity index is 1.80. The predicted molar refractivity (Wildman–Crippen MR) is 138 cm³/mol. The number of nitrogens with zero attached hydrogens (tertiary/aromatic N) is 1. The number of likely N-dealkylation sites (N-methyl/N-ethyl adjacent to an activating group) is 1. The number of amides is 2. The van der Waals surface area contributed by atoms with Gasteiger partial charge in [0.25, 0.3) is 0 Å². The molecule has 172 valence electrons. The van der Waals surface area contributed by atoms with Crippen LogP contribution in [0.25, 0.3) is 0 Å². The van der Waals surface area contributed by atoms with Crippen molar-refractivity contribution in [2.75, 3.05) is 12.8 Å². The van der Waals surface area contributed by atoms with Crippen molar-refractivity contribution in [3.8, 4) is 0 Å². The summed E-state index contributed by atoms with van der Waals surface area (Å²) in [7, 11) is 1.59. The second-order valence-electron chi connectivity index (χ2n) is 7.59. The summed E-state index contributed by atoms with van der Waals surface area (Å²) in [5, 5.41) is 4.00. The van der Waals surface area contributed by atoms with E-state index in [1.807, 2.05) is 72.8 Å². The number of nitrogens with one attached hydrogen (secondary N) is 1. The number of hydrogen-bond acceptors (Lipinski definition) is 3. The summed E-state index contributed by atoms with van der Waals surface area (Å²) >= 11 is 13.6. The number of rotatable bonds is 10. The number of thioether (sulfide) groups is 1. The van der Waals surface area contributed by atoms with Crippen LogP contribution in [0.4, 0.5) is 0 Å². The number of benzene rings is 3. The fraction of sp³-hybridized carbons (Fsp3) is 0.231. The van der Waals surface area contributed by atoms with Crippen LogP contribution in [0.3, 0.4) is 0 Å². The van der Waals surface area contributed by atoms with Gasteiger partial charge >= 0.3 is 0 Å². The van der Waals surface area contributed by atoms with E-state index < -0.39 is 6.04 Å². The molecule has 0 aliphatic heterocycles. The van der Waals surface area contributed by atoms with E-state index in [4.69, 9.17) is 23.2 Å². The lowest BCUT2D eigenvalue weighted by molar-refractivity contribution is -0.139. The number of carbonyl (C=O) groups excluding carboxylic acids is 2. The molecule has 0 spiro atoms. The molecular weight excluding hydrogens is 475 g/mol. The Morgan fingerprint density at radius 2 is 1.58 bits per heavy atom.